The van der Waals surface area contributed by atoms with Crippen LogP contribution < -0.4 is 15.1 Å². The normalized spacial score (nSPS) is 13.5. The predicted molar refractivity (Wildman–Crippen MR) is 153 cm³/mol. The smallest absolute Gasteiger partial charge is 0.325 e. The molecule has 0 radical (unpaired) electrons. The Morgan fingerprint density at radius 2 is 1.64 bits per heavy atom. The van der Waals surface area contributed by atoms with Gasteiger partial charge < -0.3 is 24.4 Å². The summed E-state index contributed by atoms with van der Waals surface area (Å²) in [6, 6.07) is 13.5. The number of benzene rings is 1. The molecule has 0 bridgehead atoms. The van der Waals surface area contributed by atoms with Crippen molar-refractivity contribution in [3.8, 4) is 0 Å². The number of carbonyl (C=O) groups is 3. The first-order chi connectivity index (χ1) is 18.6. The summed E-state index contributed by atoms with van der Waals surface area (Å²) < 4.78 is 6.24. The predicted octanol–water partition coefficient (Wildman–Crippen LogP) is 4.02. The van der Waals surface area contributed by atoms with Crippen molar-refractivity contribution in [1.82, 2.24) is 9.55 Å². The van der Waals surface area contributed by atoms with Crippen molar-refractivity contribution >= 4 is 34.9 Å². The molecule has 0 spiro atoms. The molecule has 9 heteroatoms. The number of piperazine rings is 1. The zero-order chi connectivity index (χ0) is 28.1. The molecule has 0 unspecified atom stereocenters. The number of amides is 1. The maximum atomic E-state index is 13.2. The van der Waals surface area contributed by atoms with Gasteiger partial charge in [0.05, 0.1) is 12.8 Å². The number of hydrogen-bond donors (Lipinski definition) is 1. The van der Waals surface area contributed by atoms with Gasteiger partial charge in [0.1, 0.15) is 12.4 Å². The second-order valence-electron chi connectivity index (χ2n) is 10.4. The average molecular weight is 532 g/mol. The van der Waals surface area contributed by atoms with E-state index in [4.69, 9.17) is 4.74 Å². The number of carbonyl (C=O) groups excluding carboxylic acids is 3. The van der Waals surface area contributed by atoms with Crippen LogP contribution in [0.4, 0.5) is 17.2 Å². The van der Waals surface area contributed by atoms with Crippen molar-refractivity contribution in [3.63, 3.8) is 0 Å². The van der Waals surface area contributed by atoms with Gasteiger partial charge in [-0.15, -0.1) is 0 Å². The number of anilines is 3. The van der Waals surface area contributed by atoms with Gasteiger partial charge in [-0.25, -0.2) is 4.98 Å². The number of ether oxygens (including phenoxy) is 1. The average Bonchev–Trinajstić information content (AvgIpc) is 3.28. The van der Waals surface area contributed by atoms with Gasteiger partial charge in [-0.1, -0.05) is 13.8 Å². The van der Waals surface area contributed by atoms with Crippen LogP contribution in [0.3, 0.4) is 0 Å². The van der Waals surface area contributed by atoms with Crippen LogP contribution in [-0.4, -0.2) is 60.5 Å². The number of Topliss-reactive ketones (excluding diaryl/α,β-unsaturated/α-hetero) is 1. The Balaban J connectivity index is 1.40. The summed E-state index contributed by atoms with van der Waals surface area (Å²) in [5.41, 5.74) is 4.78. The van der Waals surface area contributed by atoms with Gasteiger partial charge in [0.2, 0.25) is 0 Å². The lowest BCUT2D eigenvalue weighted by molar-refractivity contribution is -0.141. The molecule has 39 heavy (non-hydrogen) atoms. The van der Waals surface area contributed by atoms with Crippen LogP contribution in [0.15, 0.2) is 48.7 Å². The minimum atomic E-state index is -0.743. The largest absolute Gasteiger partial charge is 0.468 e. The summed E-state index contributed by atoms with van der Waals surface area (Å²) in [6.07, 6.45) is 2.27. The van der Waals surface area contributed by atoms with Gasteiger partial charge in [-0.2, -0.15) is 0 Å². The molecule has 3 heterocycles. The molecule has 206 valence electrons. The van der Waals surface area contributed by atoms with Crippen LogP contribution in [0, 0.1) is 19.8 Å². The second kappa shape index (κ2) is 12.1. The number of pyridine rings is 1. The molecule has 1 amide bonds. The van der Waals surface area contributed by atoms with Crippen molar-refractivity contribution < 1.29 is 19.1 Å². The zero-order valence-corrected chi connectivity index (χ0v) is 23.4. The van der Waals surface area contributed by atoms with E-state index in [1.54, 1.807) is 24.4 Å². The third-order valence-corrected chi connectivity index (χ3v) is 6.80. The molecular formula is C30H37N5O4. The summed E-state index contributed by atoms with van der Waals surface area (Å²) in [7, 11) is 1.29. The van der Waals surface area contributed by atoms with Gasteiger partial charge in [-0.3, -0.25) is 14.4 Å². The van der Waals surface area contributed by atoms with Crippen LogP contribution >= 0.6 is 0 Å². The number of aromatic nitrogens is 2. The third kappa shape index (κ3) is 6.85. The van der Waals surface area contributed by atoms with E-state index in [0.717, 1.165) is 48.9 Å². The Hall–Kier alpha value is -4.14. The molecule has 1 saturated heterocycles. The molecule has 9 nitrogen and oxygen atoms in total. The molecule has 4 rings (SSSR count). The first kappa shape index (κ1) is 27.9. The summed E-state index contributed by atoms with van der Waals surface area (Å²) >= 11 is 0. The van der Waals surface area contributed by atoms with Crippen LogP contribution in [0.25, 0.3) is 0 Å². The van der Waals surface area contributed by atoms with Gasteiger partial charge in [0, 0.05) is 49.4 Å². The van der Waals surface area contributed by atoms with Gasteiger partial charge in [0.15, 0.2) is 0 Å². The Labute approximate surface area is 229 Å². The number of ketones is 1. The lowest BCUT2D eigenvalue weighted by atomic mass is 10.0. The SMILES string of the molecule is COC(=O)Cn1ccc(CC(C)C)c1C(=O)C(=O)Nc1ccc(N2CCN(c3cc(C)cc(C)n3)CC2)cc1. The first-order valence-electron chi connectivity index (χ1n) is 13.3. The third-order valence-electron chi connectivity index (χ3n) is 6.80. The number of rotatable bonds is 9. The number of esters is 1. The molecular weight excluding hydrogens is 494 g/mol. The number of nitrogens with zero attached hydrogens (tertiary/aromatic N) is 4. The zero-order valence-electron chi connectivity index (χ0n) is 23.4. The quantitative estimate of drug-likeness (QED) is 0.253. The second-order valence-corrected chi connectivity index (χ2v) is 10.4. The lowest BCUT2D eigenvalue weighted by Gasteiger charge is -2.37. The van der Waals surface area contributed by atoms with Gasteiger partial charge >= 0.3 is 5.97 Å². The van der Waals surface area contributed by atoms with Crippen LogP contribution in [0.5, 0.6) is 0 Å². The van der Waals surface area contributed by atoms with E-state index in [1.807, 2.05) is 32.9 Å². The molecule has 0 saturated carbocycles. The van der Waals surface area contributed by atoms with Crippen LogP contribution in [0.2, 0.25) is 0 Å². The van der Waals surface area contributed by atoms with Crippen LogP contribution in [0.1, 0.15) is 41.2 Å². The Kier molecular flexibility index (Phi) is 8.69. The summed E-state index contributed by atoms with van der Waals surface area (Å²) in [6.45, 7) is 11.5. The van der Waals surface area contributed by atoms with E-state index in [1.165, 1.54) is 17.2 Å². The van der Waals surface area contributed by atoms with Crippen molar-refractivity contribution in [2.24, 2.45) is 5.92 Å². The number of hydrogen-bond acceptors (Lipinski definition) is 7. The van der Waals surface area contributed by atoms with Crippen molar-refractivity contribution in [2.45, 2.75) is 40.7 Å². The standard InChI is InChI=1S/C30H37N5O4/c1-20(2)16-23-10-11-35(19-27(36)39-5)28(23)29(37)30(38)32-24-6-8-25(9-7-24)33-12-14-34(15-13-33)26-18-21(3)17-22(4)31-26/h6-11,17-18,20H,12-16,19H2,1-5H3,(H,32,38). The Morgan fingerprint density at radius 1 is 0.974 bits per heavy atom. The van der Waals surface area contributed by atoms with Crippen LogP contribution in [-0.2, 0) is 27.3 Å². The molecule has 1 fully saturated rings. The molecule has 1 aliphatic heterocycles. The summed E-state index contributed by atoms with van der Waals surface area (Å²) in [4.78, 5) is 47.3. The van der Waals surface area contributed by atoms with E-state index in [2.05, 4.69) is 39.2 Å². The minimum absolute atomic E-state index is 0.134. The molecule has 1 aliphatic rings. The molecule has 0 atom stereocenters. The Bertz CT molecular complexity index is 1320. The molecule has 2 aromatic heterocycles. The topological polar surface area (TPSA) is 96.8 Å². The number of aryl methyl sites for hydroxylation is 2. The van der Waals surface area contributed by atoms with E-state index in [0.29, 0.717) is 12.1 Å². The summed E-state index contributed by atoms with van der Waals surface area (Å²) in [5, 5.41) is 2.72. The summed E-state index contributed by atoms with van der Waals surface area (Å²) in [5.74, 6) is -0.617. The molecule has 1 N–H and O–H groups in total. The molecule has 1 aromatic carbocycles. The van der Waals surface area contributed by atoms with E-state index in [9.17, 15) is 14.4 Å². The fourth-order valence-electron chi connectivity index (χ4n) is 4.96. The van der Waals surface area contributed by atoms with Gasteiger partial charge in [0.25, 0.3) is 11.7 Å². The first-order valence-corrected chi connectivity index (χ1v) is 13.3. The maximum absolute atomic E-state index is 13.2. The fraction of sp³-hybridized carbons (Fsp3) is 0.400. The lowest BCUT2D eigenvalue weighted by Crippen LogP contribution is -2.46. The highest BCUT2D eigenvalue weighted by atomic mass is 16.5. The number of nitrogens with one attached hydrogen (secondary N) is 1. The highest BCUT2D eigenvalue weighted by molar-refractivity contribution is 6.46. The Morgan fingerprint density at radius 3 is 2.26 bits per heavy atom. The minimum Gasteiger partial charge on any atom is -0.468 e. The monoisotopic (exact) mass is 531 g/mol. The maximum Gasteiger partial charge on any atom is 0.325 e. The van der Waals surface area contributed by atoms with Gasteiger partial charge in [-0.05, 0) is 79.8 Å². The van der Waals surface area contributed by atoms with E-state index < -0.39 is 17.7 Å². The fourth-order valence-corrected chi connectivity index (χ4v) is 4.96. The molecule has 3 aromatic rings. The highest BCUT2D eigenvalue weighted by Gasteiger charge is 2.25. The number of methoxy groups -OCH3 is 1. The molecule has 0 aliphatic carbocycles. The van der Waals surface area contributed by atoms with E-state index >= 15 is 0 Å². The van der Waals surface area contributed by atoms with Crippen molar-refractivity contribution in [3.05, 3.63) is 71.2 Å². The van der Waals surface area contributed by atoms with E-state index in [-0.39, 0.29) is 18.2 Å². The highest BCUT2D eigenvalue weighted by Crippen LogP contribution is 2.23. The van der Waals surface area contributed by atoms with Crippen molar-refractivity contribution in [1.29, 1.82) is 0 Å². The van der Waals surface area contributed by atoms with Crippen molar-refractivity contribution in [2.75, 3.05) is 48.4 Å².